The van der Waals surface area contributed by atoms with E-state index in [9.17, 15) is 10.1 Å². The molecule has 4 nitrogen and oxygen atoms in total. The third-order valence-electron chi connectivity index (χ3n) is 2.97. The van der Waals surface area contributed by atoms with Crippen molar-refractivity contribution in [2.45, 2.75) is 13.3 Å². The van der Waals surface area contributed by atoms with Crippen LogP contribution in [0.1, 0.15) is 19.0 Å². The summed E-state index contributed by atoms with van der Waals surface area (Å²) in [5, 5.41) is 9.34. The molecule has 124 valence electrons. The number of nitrogens with zero attached hydrogens (tertiary/aromatic N) is 2. The van der Waals surface area contributed by atoms with Gasteiger partial charge in [0.2, 0.25) is 0 Å². The third-order valence-corrected chi connectivity index (χ3v) is 8.93. The molecule has 2 rings (SSSR count). The van der Waals surface area contributed by atoms with Gasteiger partial charge in [-0.25, -0.2) is 0 Å². The molecule has 0 aliphatic heterocycles. The summed E-state index contributed by atoms with van der Waals surface area (Å²) in [6, 6.07) is 17.4. The van der Waals surface area contributed by atoms with Crippen molar-refractivity contribution in [2.24, 2.45) is 0 Å². The Kier molecular flexibility index (Phi) is 7.40. The van der Waals surface area contributed by atoms with Crippen LogP contribution < -0.4 is 3.53 Å². The Balaban J connectivity index is 2.20. The molecule has 6 heteroatoms. The number of halogens is 2. The van der Waals surface area contributed by atoms with Gasteiger partial charge >= 0.3 is 158 Å². The standard InChI is InChI=1S/C18H17BrIN3O/c1-2-11-20(15-7-4-3-5-8-15)23-18(24)14(13-21)12-16-9-6-10-17(19)22-16/h3-10,12H,2,11H2,1H3,(H,23,24)/b14-12+. The molecule has 0 saturated carbocycles. The zero-order valence-corrected chi connectivity index (χ0v) is 16.9. The van der Waals surface area contributed by atoms with Crippen LogP contribution in [-0.2, 0) is 4.79 Å². The molecule has 0 spiro atoms. The number of rotatable bonds is 6. The van der Waals surface area contributed by atoms with E-state index >= 15 is 0 Å². The maximum absolute atomic E-state index is 12.5. The van der Waals surface area contributed by atoms with Gasteiger partial charge in [-0.2, -0.15) is 0 Å². The predicted octanol–water partition coefficient (Wildman–Crippen LogP) is 4.57. The van der Waals surface area contributed by atoms with Crippen molar-refractivity contribution >= 4 is 48.0 Å². The van der Waals surface area contributed by atoms with E-state index in [1.807, 2.05) is 42.5 Å². The summed E-state index contributed by atoms with van der Waals surface area (Å²) in [6.07, 6.45) is 2.52. The Hall–Kier alpha value is -1.72. The van der Waals surface area contributed by atoms with Gasteiger partial charge in [0, 0.05) is 0 Å². The van der Waals surface area contributed by atoms with Crippen LogP contribution in [0.25, 0.3) is 6.08 Å². The van der Waals surface area contributed by atoms with Crippen molar-refractivity contribution in [3.8, 4) is 6.07 Å². The number of benzene rings is 1. The summed E-state index contributed by atoms with van der Waals surface area (Å²) in [5.74, 6) is -0.318. The number of hydrogen-bond donors (Lipinski definition) is 1. The number of pyridine rings is 1. The molecular formula is C18H17BrIN3O. The Morgan fingerprint density at radius 1 is 1.29 bits per heavy atom. The van der Waals surface area contributed by atoms with Gasteiger partial charge in [0.1, 0.15) is 0 Å². The summed E-state index contributed by atoms with van der Waals surface area (Å²) in [6.45, 7) is 2.10. The molecule has 1 aromatic heterocycles. The SMILES string of the molecule is CCCI(NC(=O)/C(C#N)=C/c1cccc(Br)n1)c1ccccc1. The Labute approximate surface area is 157 Å². The Morgan fingerprint density at radius 2 is 2.04 bits per heavy atom. The number of carbonyl (C=O) groups excluding carboxylic acids is 1. The van der Waals surface area contributed by atoms with Crippen LogP contribution in [0.4, 0.5) is 0 Å². The second-order valence-electron chi connectivity index (χ2n) is 4.82. The molecule has 0 unspecified atom stereocenters. The van der Waals surface area contributed by atoms with E-state index in [0.717, 1.165) is 10.8 Å². The van der Waals surface area contributed by atoms with Crippen LogP contribution in [0.5, 0.6) is 0 Å². The second-order valence-corrected chi connectivity index (χ2v) is 10.6. The number of carbonyl (C=O) groups is 1. The van der Waals surface area contributed by atoms with Crippen molar-refractivity contribution in [3.63, 3.8) is 0 Å². The molecule has 24 heavy (non-hydrogen) atoms. The molecule has 1 heterocycles. The Morgan fingerprint density at radius 3 is 2.67 bits per heavy atom. The number of aromatic nitrogens is 1. The fourth-order valence-corrected chi connectivity index (χ4v) is 6.73. The van der Waals surface area contributed by atoms with Gasteiger partial charge in [-0.05, 0) is 0 Å². The van der Waals surface area contributed by atoms with Gasteiger partial charge in [-0.1, -0.05) is 0 Å². The third kappa shape index (κ3) is 5.42. The van der Waals surface area contributed by atoms with E-state index in [0.29, 0.717) is 10.3 Å². The quantitative estimate of drug-likeness (QED) is 0.159. The minimum absolute atomic E-state index is 0.0786. The molecule has 0 atom stereocenters. The summed E-state index contributed by atoms with van der Waals surface area (Å²) < 4.78 is 5.93. The van der Waals surface area contributed by atoms with Crippen molar-refractivity contribution in [3.05, 3.63) is 68.0 Å². The van der Waals surface area contributed by atoms with Crippen LogP contribution >= 0.6 is 36.0 Å². The topological polar surface area (TPSA) is 65.8 Å². The second kappa shape index (κ2) is 9.55. The molecule has 0 saturated heterocycles. The van der Waals surface area contributed by atoms with Crippen molar-refractivity contribution < 1.29 is 4.79 Å². The average Bonchev–Trinajstić information content (AvgIpc) is 2.60. The summed E-state index contributed by atoms with van der Waals surface area (Å²) in [4.78, 5) is 16.8. The fourth-order valence-electron chi connectivity index (χ4n) is 1.92. The van der Waals surface area contributed by atoms with Gasteiger partial charge in [0.15, 0.2) is 0 Å². The van der Waals surface area contributed by atoms with E-state index in [1.165, 1.54) is 9.65 Å². The van der Waals surface area contributed by atoms with Gasteiger partial charge < -0.3 is 0 Å². The minimum atomic E-state index is -1.86. The molecule has 0 bridgehead atoms. The van der Waals surface area contributed by atoms with Crippen LogP contribution in [0.2, 0.25) is 0 Å². The van der Waals surface area contributed by atoms with Gasteiger partial charge in [0.05, 0.1) is 0 Å². The molecule has 0 aliphatic carbocycles. The Bertz CT molecular complexity index is 771. The number of nitriles is 1. The van der Waals surface area contributed by atoms with E-state index in [-0.39, 0.29) is 11.5 Å². The van der Waals surface area contributed by atoms with E-state index in [1.54, 1.807) is 12.1 Å². The molecule has 1 aromatic carbocycles. The van der Waals surface area contributed by atoms with Crippen LogP contribution in [0, 0.1) is 14.9 Å². The maximum atomic E-state index is 12.5. The number of alkyl halides is 1. The first-order valence-electron chi connectivity index (χ1n) is 7.40. The number of nitrogens with one attached hydrogen (secondary N) is 1. The van der Waals surface area contributed by atoms with Crippen LogP contribution in [0.3, 0.4) is 0 Å². The first kappa shape index (κ1) is 18.6. The molecule has 1 N–H and O–H groups in total. The predicted molar refractivity (Wildman–Crippen MR) is 108 cm³/mol. The fraction of sp³-hybridized carbons (Fsp3) is 0.167. The first-order chi connectivity index (χ1) is 11.6. The summed E-state index contributed by atoms with van der Waals surface area (Å²) in [5.41, 5.74) is 0.654. The van der Waals surface area contributed by atoms with Crippen molar-refractivity contribution in [1.82, 2.24) is 8.51 Å². The van der Waals surface area contributed by atoms with Crippen LogP contribution in [-0.4, -0.2) is 15.3 Å². The van der Waals surface area contributed by atoms with E-state index in [4.69, 9.17) is 0 Å². The van der Waals surface area contributed by atoms with Gasteiger partial charge in [-0.15, -0.1) is 0 Å². The van der Waals surface area contributed by atoms with Crippen LogP contribution in [0.15, 0.2) is 58.7 Å². The van der Waals surface area contributed by atoms with Gasteiger partial charge in [0.25, 0.3) is 0 Å². The number of amides is 1. The van der Waals surface area contributed by atoms with Crippen molar-refractivity contribution in [1.29, 1.82) is 5.26 Å². The molecule has 0 aliphatic rings. The first-order valence-corrected chi connectivity index (χ1v) is 11.9. The average molecular weight is 498 g/mol. The summed E-state index contributed by atoms with van der Waals surface area (Å²) in [7, 11) is 0. The monoisotopic (exact) mass is 497 g/mol. The summed E-state index contributed by atoms with van der Waals surface area (Å²) >= 11 is 1.43. The van der Waals surface area contributed by atoms with E-state index in [2.05, 4.69) is 31.4 Å². The molecule has 0 radical (unpaired) electrons. The zero-order valence-electron chi connectivity index (χ0n) is 13.2. The van der Waals surface area contributed by atoms with E-state index < -0.39 is 20.1 Å². The van der Waals surface area contributed by atoms with Gasteiger partial charge in [-0.3, -0.25) is 0 Å². The zero-order chi connectivity index (χ0) is 17.4. The molecule has 2 aromatic rings. The normalized spacial score (nSPS) is 11.5. The molecule has 0 fully saturated rings. The molecule has 1 amide bonds. The number of hydrogen-bond acceptors (Lipinski definition) is 3. The van der Waals surface area contributed by atoms with Crippen molar-refractivity contribution in [2.75, 3.05) is 4.43 Å². The molecular weight excluding hydrogens is 481 g/mol.